The zero-order chi connectivity index (χ0) is 17.1. The highest BCUT2D eigenvalue weighted by Gasteiger charge is 2.35. The van der Waals surface area contributed by atoms with Crippen molar-refractivity contribution < 1.29 is 9.53 Å². The van der Waals surface area contributed by atoms with Crippen molar-refractivity contribution >= 4 is 28.1 Å². The maximum atomic E-state index is 11.0. The van der Waals surface area contributed by atoms with E-state index in [-0.39, 0.29) is 5.91 Å². The van der Waals surface area contributed by atoms with E-state index in [1.54, 1.807) is 13.3 Å². The van der Waals surface area contributed by atoms with E-state index in [4.69, 9.17) is 4.74 Å². The Kier molecular flexibility index (Phi) is 4.96. The van der Waals surface area contributed by atoms with E-state index in [9.17, 15) is 4.79 Å². The summed E-state index contributed by atoms with van der Waals surface area (Å²) in [6.07, 6.45) is 3.57. The minimum absolute atomic E-state index is 0.0924. The molecule has 1 amide bonds. The topological polar surface area (TPSA) is 79.4 Å². The number of nitrogens with zero attached hydrogens (tertiary/aromatic N) is 3. The zero-order valence-electron chi connectivity index (χ0n) is 13.9. The van der Waals surface area contributed by atoms with Crippen molar-refractivity contribution in [2.24, 2.45) is 0 Å². The van der Waals surface area contributed by atoms with Crippen molar-refractivity contribution in [3.05, 3.63) is 29.4 Å². The smallest absolute Gasteiger partial charge is 0.223 e. The van der Waals surface area contributed by atoms with Gasteiger partial charge in [0.15, 0.2) is 5.13 Å². The van der Waals surface area contributed by atoms with E-state index >= 15 is 0 Å². The highest BCUT2D eigenvalue weighted by molar-refractivity contribution is 7.15. The van der Waals surface area contributed by atoms with Gasteiger partial charge < -0.3 is 15.4 Å². The Balaban J connectivity index is 1.52. The van der Waals surface area contributed by atoms with Crippen LogP contribution in [-0.4, -0.2) is 46.5 Å². The van der Waals surface area contributed by atoms with Gasteiger partial charge in [0.2, 0.25) is 11.8 Å². The van der Waals surface area contributed by atoms with Crippen LogP contribution in [0.4, 0.5) is 10.8 Å². The molecule has 24 heavy (non-hydrogen) atoms. The number of nitrogens with one attached hydrogen (secondary N) is 2. The van der Waals surface area contributed by atoms with Gasteiger partial charge in [-0.25, -0.2) is 9.97 Å². The molecule has 2 N–H and O–H groups in total. The summed E-state index contributed by atoms with van der Waals surface area (Å²) in [5, 5.41) is 6.89. The molecule has 2 unspecified atom stereocenters. The number of carbonyl (C=O) groups excluding carboxylic acids is 1. The largest absolute Gasteiger partial charge is 0.481 e. The Hall–Kier alpha value is -2.19. The second kappa shape index (κ2) is 7.14. The molecule has 1 aliphatic rings. The number of anilines is 2. The third-order valence-corrected chi connectivity index (χ3v) is 4.98. The second-order valence-electron chi connectivity index (χ2n) is 5.82. The number of likely N-dealkylation sites (tertiary alicyclic amines) is 1. The van der Waals surface area contributed by atoms with Gasteiger partial charge in [0, 0.05) is 55.1 Å². The summed E-state index contributed by atoms with van der Waals surface area (Å²) in [6.45, 7) is 5.49. The van der Waals surface area contributed by atoms with Crippen molar-refractivity contribution in [3.63, 3.8) is 0 Å². The summed E-state index contributed by atoms with van der Waals surface area (Å²) in [5.74, 6) is 0.518. The lowest BCUT2D eigenvalue weighted by Gasteiger charge is -2.46. The summed E-state index contributed by atoms with van der Waals surface area (Å²) in [5.41, 5.74) is 1.02. The number of amides is 1. The van der Waals surface area contributed by atoms with Crippen LogP contribution in [0.15, 0.2) is 24.5 Å². The maximum absolute atomic E-state index is 11.0. The van der Waals surface area contributed by atoms with Gasteiger partial charge >= 0.3 is 0 Å². The van der Waals surface area contributed by atoms with E-state index in [0.29, 0.717) is 23.1 Å². The van der Waals surface area contributed by atoms with Crippen LogP contribution < -0.4 is 15.4 Å². The van der Waals surface area contributed by atoms with Gasteiger partial charge in [-0.2, -0.15) is 0 Å². The number of hydrogen-bond acceptors (Lipinski definition) is 7. The molecule has 0 bridgehead atoms. The Labute approximate surface area is 145 Å². The van der Waals surface area contributed by atoms with Gasteiger partial charge in [-0.1, -0.05) is 0 Å². The Morgan fingerprint density at radius 2 is 2.33 bits per heavy atom. The summed E-state index contributed by atoms with van der Waals surface area (Å²) in [6, 6.07) is 4.65. The van der Waals surface area contributed by atoms with Gasteiger partial charge in [0.05, 0.1) is 13.2 Å². The molecular weight excluding hydrogens is 326 g/mol. The molecule has 0 aliphatic carbocycles. The standard InChI is InChI=1S/C16H21N5O2S/c1-10-14(20-12-4-5-17-15(6-12)23-3)9-21(10)8-13-7-18-16(24-13)19-11(2)22/h4-7,10,14H,8-9H2,1-3H3,(H,17,20)(H,18,19,22). The van der Waals surface area contributed by atoms with E-state index in [0.717, 1.165) is 23.7 Å². The molecule has 2 aromatic heterocycles. The van der Waals surface area contributed by atoms with Crippen molar-refractivity contribution in [1.29, 1.82) is 0 Å². The molecule has 3 rings (SSSR count). The first-order valence-corrected chi connectivity index (χ1v) is 8.59. The maximum Gasteiger partial charge on any atom is 0.223 e. The van der Waals surface area contributed by atoms with Gasteiger partial charge in [0.1, 0.15) is 0 Å². The molecule has 1 fully saturated rings. The average molecular weight is 347 g/mol. The summed E-state index contributed by atoms with van der Waals surface area (Å²) in [4.78, 5) is 22.9. The molecule has 128 valence electrons. The molecule has 2 aromatic rings. The fourth-order valence-electron chi connectivity index (χ4n) is 2.68. The summed E-state index contributed by atoms with van der Waals surface area (Å²) < 4.78 is 5.15. The number of methoxy groups -OCH3 is 1. The molecule has 0 aromatic carbocycles. The predicted octanol–water partition coefficient (Wildman–Crippen LogP) is 2.19. The van der Waals surface area contributed by atoms with E-state index in [1.807, 2.05) is 18.3 Å². The Morgan fingerprint density at radius 3 is 3.04 bits per heavy atom. The SMILES string of the molecule is COc1cc(NC2CN(Cc3cnc(NC(C)=O)s3)C2C)ccn1. The molecule has 8 heteroatoms. The van der Waals surface area contributed by atoms with Crippen LogP contribution in [0.3, 0.4) is 0 Å². The molecule has 2 atom stereocenters. The minimum atomic E-state index is -0.0924. The van der Waals surface area contributed by atoms with Gasteiger partial charge in [-0.15, -0.1) is 11.3 Å². The number of pyridine rings is 1. The van der Waals surface area contributed by atoms with E-state index in [1.165, 1.54) is 18.3 Å². The Morgan fingerprint density at radius 1 is 1.50 bits per heavy atom. The van der Waals surface area contributed by atoms with E-state index < -0.39 is 0 Å². The number of thiazole rings is 1. The quantitative estimate of drug-likeness (QED) is 0.834. The average Bonchev–Trinajstić information content (AvgIpc) is 3.00. The summed E-state index contributed by atoms with van der Waals surface area (Å²) in [7, 11) is 1.62. The minimum Gasteiger partial charge on any atom is -0.481 e. The van der Waals surface area contributed by atoms with Crippen LogP contribution in [0.1, 0.15) is 18.7 Å². The monoisotopic (exact) mass is 347 g/mol. The van der Waals surface area contributed by atoms with Crippen LogP contribution >= 0.6 is 11.3 Å². The molecule has 0 saturated carbocycles. The van der Waals surface area contributed by atoms with Gasteiger partial charge in [0.25, 0.3) is 0 Å². The zero-order valence-corrected chi connectivity index (χ0v) is 14.8. The first-order chi connectivity index (χ1) is 11.5. The molecule has 0 radical (unpaired) electrons. The normalized spacial score (nSPS) is 20.3. The molecule has 1 saturated heterocycles. The van der Waals surface area contributed by atoms with Crippen molar-refractivity contribution in [2.45, 2.75) is 32.5 Å². The number of rotatable bonds is 6. The lowest BCUT2D eigenvalue weighted by Crippen LogP contribution is -2.61. The fraction of sp³-hybridized carbons (Fsp3) is 0.438. The Bertz CT molecular complexity index is 720. The summed E-state index contributed by atoms with van der Waals surface area (Å²) >= 11 is 1.52. The first-order valence-electron chi connectivity index (χ1n) is 7.78. The third kappa shape index (κ3) is 3.82. The molecular formula is C16H21N5O2S. The van der Waals surface area contributed by atoms with Gasteiger partial charge in [-0.3, -0.25) is 9.69 Å². The second-order valence-corrected chi connectivity index (χ2v) is 6.94. The molecule has 7 nitrogen and oxygen atoms in total. The lowest BCUT2D eigenvalue weighted by molar-refractivity contribution is -0.114. The highest BCUT2D eigenvalue weighted by Crippen LogP contribution is 2.27. The van der Waals surface area contributed by atoms with Crippen LogP contribution in [0, 0.1) is 0 Å². The molecule has 1 aliphatic heterocycles. The van der Waals surface area contributed by atoms with E-state index in [2.05, 4.69) is 32.4 Å². The fourth-order valence-corrected chi connectivity index (χ4v) is 3.56. The van der Waals surface area contributed by atoms with Crippen LogP contribution in [0.2, 0.25) is 0 Å². The molecule has 0 spiro atoms. The highest BCUT2D eigenvalue weighted by atomic mass is 32.1. The lowest BCUT2D eigenvalue weighted by atomic mass is 9.97. The third-order valence-electron chi connectivity index (χ3n) is 4.08. The number of hydrogen-bond donors (Lipinski definition) is 2. The number of carbonyl (C=O) groups is 1. The predicted molar refractivity (Wildman–Crippen MR) is 94.5 cm³/mol. The molecule has 3 heterocycles. The van der Waals surface area contributed by atoms with Crippen LogP contribution in [0.25, 0.3) is 0 Å². The number of aromatic nitrogens is 2. The van der Waals surface area contributed by atoms with Crippen LogP contribution in [-0.2, 0) is 11.3 Å². The van der Waals surface area contributed by atoms with Gasteiger partial charge in [-0.05, 0) is 13.0 Å². The van der Waals surface area contributed by atoms with Crippen molar-refractivity contribution in [1.82, 2.24) is 14.9 Å². The van der Waals surface area contributed by atoms with Crippen LogP contribution in [0.5, 0.6) is 5.88 Å². The number of ether oxygens (including phenoxy) is 1. The van der Waals surface area contributed by atoms with Crippen molar-refractivity contribution in [3.8, 4) is 5.88 Å². The first kappa shape index (κ1) is 16.7. The van der Waals surface area contributed by atoms with Crippen molar-refractivity contribution in [2.75, 3.05) is 24.3 Å².